The standard InChI is InChI=1S/C21H17BrN4O3S/c1-13-8-18(26(24-13)17-7-3-6-16(22)10-17)23-20(28)15-5-2-4-14(9-15)11-25-19(27)12-30-21(25)29/h2-10H,11-12H2,1H3,(H,23,28). The molecule has 0 atom stereocenters. The van der Waals surface area contributed by atoms with Crippen molar-refractivity contribution < 1.29 is 14.4 Å². The van der Waals surface area contributed by atoms with E-state index in [2.05, 4.69) is 26.3 Å². The summed E-state index contributed by atoms with van der Waals surface area (Å²) in [6.07, 6.45) is 0. The molecule has 0 saturated carbocycles. The largest absolute Gasteiger partial charge is 0.306 e. The van der Waals surface area contributed by atoms with Crippen molar-refractivity contribution in [1.82, 2.24) is 14.7 Å². The van der Waals surface area contributed by atoms with Crippen molar-refractivity contribution in [3.63, 3.8) is 0 Å². The Bertz CT molecular complexity index is 1140. The highest BCUT2D eigenvalue weighted by Crippen LogP contribution is 2.23. The van der Waals surface area contributed by atoms with Gasteiger partial charge in [0.05, 0.1) is 23.7 Å². The van der Waals surface area contributed by atoms with Crippen molar-refractivity contribution in [2.45, 2.75) is 13.5 Å². The average molecular weight is 485 g/mol. The van der Waals surface area contributed by atoms with Crippen LogP contribution in [0.5, 0.6) is 0 Å². The van der Waals surface area contributed by atoms with Crippen molar-refractivity contribution in [3.05, 3.63) is 75.9 Å². The minimum Gasteiger partial charge on any atom is -0.306 e. The van der Waals surface area contributed by atoms with E-state index >= 15 is 0 Å². The van der Waals surface area contributed by atoms with Gasteiger partial charge in [-0.2, -0.15) is 5.10 Å². The fourth-order valence-electron chi connectivity index (χ4n) is 3.11. The number of thioether (sulfide) groups is 1. The zero-order valence-electron chi connectivity index (χ0n) is 16.0. The monoisotopic (exact) mass is 484 g/mol. The van der Waals surface area contributed by atoms with Crippen LogP contribution < -0.4 is 5.32 Å². The molecule has 1 aromatic heterocycles. The first-order valence-electron chi connectivity index (χ1n) is 9.11. The number of rotatable bonds is 5. The molecule has 152 valence electrons. The van der Waals surface area contributed by atoms with Gasteiger partial charge in [-0.1, -0.05) is 45.9 Å². The number of nitrogens with zero attached hydrogens (tertiary/aromatic N) is 3. The van der Waals surface area contributed by atoms with Gasteiger partial charge in [-0.3, -0.25) is 19.3 Å². The molecule has 7 nitrogen and oxygen atoms in total. The van der Waals surface area contributed by atoms with Crippen molar-refractivity contribution in [3.8, 4) is 5.69 Å². The maximum atomic E-state index is 12.9. The molecule has 1 N–H and O–H groups in total. The van der Waals surface area contributed by atoms with E-state index < -0.39 is 0 Å². The number of aromatic nitrogens is 2. The van der Waals surface area contributed by atoms with Crippen molar-refractivity contribution in [2.24, 2.45) is 0 Å². The van der Waals surface area contributed by atoms with E-state index in [1.54, 1.807) is 35.0 Å². The topological polar surface area (TPSA) is 84.3 Å². The minimum absolute atomic E-state index is 0.154. The molecule has 2 heterocycles. The molecule has 9 heteroatoms. The third-order valence-corrected chi connectivity index (χ3v) is 5.85. The second-order valence-electron chi connectivity index (χ2n) is 6.75. The molecule has 1 saturated heterocycles. The van der Waals surface area contributed by atoms with Crippen molar-refractivity contribution in [2.75, 3.05) is 11.1 Å². The summed E-state index contributed by atoms with van der Waals surface area (Å²) in [4.78, 5) is 37.7. The van der Waals surface area contributed by atoms with Crippen LogP contribution in [-0.2, 0) is 11.3 Å². The summed E-state index contributed by atoms with van der Waals surface area (Å²) >= 11 is 4.44. The van der Waals surface area contributed by atoms with Gasteiger partial charge in [0.25, 0.3) is 11.1 Å². The van der Waals surface area contributed by atoms with E-state index in [1.807, 2.05) is 31.2 Å². The molecule has 0 aliphatic carbocycles. The number of amides is 3. The van der Waals surface area contributed by atoms with Crippen molar-refractivity contribution >= 4 is 50.6 Å². The molecule has 1 fully saturated rings. The minimum atomic E-state index is -0.304. The van der Waals surface area contributed by atoms with Crippen LogP contribution in [0.3, 0.4) is 0 Å². The van der Waals surface area contributed by atoms with Gasteiger partial charge in [-0.05, 0) is 42.8 Å². The number of carbonyl (C=O) groups excluding carboxylic acids is 3. The fraction of sp³-hybridized carbons (Fsp3) is 0.143. The number of hydrogen-bond donors (Lipinski definition) is 1. The lowest BCUT2D eigenvalue weighted by molar-refractivity contribution is -0.125. The van der Waals surface area contributed by atoms with Crippen LogP contribution in [0, 0.1) is 6.92 Å². The van der Waals surface area contributed by atoms with Crippen LogP contribution in [0.25, 0.3) is 5.69 Å². The van der Waals surface area contributed by atoms with Crippen LogP contribution in [0.1, 0.15) is 21.6 Å². The number of benzene rings is 2. The smallest absolute Gasteiger partial charge is 0.289 e. The van der Waals surface area contributed by atoms with Gasteiger partial charge in [-0.15, -0.1) is 0 Å². The molecule has 0 bridgehead atoms. The van der Waals surface area contributed by atoms with Gasteiger partial charge >= 0.3 is 0 Å². The first-order chi connectivity index (χ1) is 14.4. The number of aryl methyl sites for hydroxylation is 1. The van der Waals surface area contributed by atoms with Gasteiger partial charge in [-0.25, -0.2) is 4.68 Å². The van der Waals surface area contributed by atoms with E-state index in [9.17, 15) is 14.4 Å². The number of halogens is 1. The lowest BCUT2D eigenvalue weighted by Crippen LogP contribution is -2.28. The number of anilines is 1. The normalized spacial score (nSPS) is 13.7. The molecule has 0 unspecified atom stereocenters. The third kappa shape index (κ3) is 4.31. The van der Waals surface area contributed by atoms with E-state index in [-0.39, 0.29) is 29.4 Å². The lowest BCUT2D eigenvalue weighted by Gasteiger charge is -2.14. The van der Waals surface area contributed by atoms with Crippen LogP contribution >= 0.6 is 27.7 Å². The molecule has 0 spiro atoms. The Labute approximate surface area is 185 Å². The predicted octanol–water partition coefficient (Wildman–Crippen LogP) is 4.39. The number of imide groups is 1. The van der Waals surface area contributed by atoms with E-state index in [4.69, 9.17) is 0 Å². The molecule has 2 aromatic carbocycles. The second-order valence-corrected chi connectivity index (χ2v) is 8.59. The van der Waals surface area contributed by atoms with Gasteiger partial charge < -0.3 is 5.32 Å². The summed E-state index contributed by atoms with van der Waals surface area (Å²) in [6, 6.07) is 16.3. The number of nitrogens with one attached hydrogen (secondary N) is 1. The third-order valence-electron chi connectivity index (χ3n) is 4.50. The Morgan fingerprint density at radius 3 is 2.70 bits per heavy atom. The molecule has 1 aliphatic heterocycles. The SMILES string of the molecule is Cc1cc(NC(=O)c2cccc(CN3C(=O)CSC3=O)c2)n(-c2cccc(Br)c2)n1. The zero-order valence-corrected chi connectivity index (χ0v) is 18.4. The fourth-order valence-corrected chi connectivity index (χ4v) is 4.22. The molecule has 0 radical (unpaired) electrons. The summed E-state index contributed by atoms with van der Waals surface area (Å²) in [5.74, 6) is 0.190. The van der Waals surface area contributed by atoms with E-state index in [1.165, 1.54) is 4.90 Å². The van der Waals surface area contributed by atoms with Crippen LogP contribution in [-0.4, -0.2) is 37.5 Å². The summed E-state index contributed by atoms with van der Waals surface area (Å²) in [5.41, 5.74) is 2.72. The first kappa shape index (κ1) is 20.4. The molecule has 3 amide bonds. The Morgan fingerprint density at radius 2 is 1.97 bits per heavy atom. The molecule has 4 rings (SSSR count). The Hall–Kier alpha value is -2.91. The molecule has 30 heavy (non-hydrogen) atoms. The Balaban J connectivity index is 1.55. The number of carbonyl (C=O) groups is 3. The predicted molar refractivity (Wildman–Crippen MR) is 119 cm³/mol. The van der Waals surface area contributed by atoms with E-state index in [0.717, 1.165) is 27.6 Å². The first-order valence-corrected chi connectivity index (χ1v) is 10.9. The van der Waals surface area contributed by atoms with E-state index in [0.29, 0.717) is 16.9 Å². The molecular formula is C21H17BrN4O3S. The second kappa shape index (κ2) is 8.45. The van der Waals surface area contributed by atoms with Gasteiger partial charge in [0.1, 0.15) is 5.82 Å². The average Bonchev–Trinajstić information content (AvgIpc) is 3.24. The summed E-state index contributed by atoms with van der Waals surface area (Å²) < 4.78 is 2.57. The highest BCUT2D eigenvalue weighted by atomic mass is 79.9. The van der Waals surface area contributed by atoms with Crippen molar-refractivity contribution in [1.29, 1.82) is 0 Å². The number of hydrogen-bond acceptors (Lipinski definition) is 5. The lowest BCUT2D eigenvalue weighted by atomic mass is 10.1. The Morgan fingerprint density at radius 1 is 1.17 bits per heavy atom. The zero-order chi connectivity index (χ0) is 21.3. The van der Waals surface area contributed by atoms with Gasteiger partial charge in [0.2, 0.25) is 5.91 Å². The summed E-state index contributed by atoms with van der Waals surface area (Å²) in [7, 11) is 0. The maximum Gasteiger partial charge on any atom is 0.289 e. The quantitative estimate of drug-likeness (QED) is 0.580. The molecule has 1 aliphatic rings. The van der Waals surface area contributed by atoms with Crippen LogP contribution in [0.4, 0.5) is 10.6 Å². The Kier molecular flexibility index (Phi) is 5.74. The molecular weight excluding hydrogens is 468 g/mol. The summed E-state index contributed by atoms with van der Waals surface area (Å²) in [6.45, 7) is 2.01. The van der Waals surface area contributed by atoms with Crippen LogP contribution in [0.2, 0.25) is 0 Å². The molecule has 3 aromatic rings. The highest BCUT2D eigenvalue weighted by molar-refractivity contribution is 9.10. The van der Waals surface area contributed by atoms with Gasteiger partial charge in [0, 0.05) is 16.1 Å². The maximum absolute atomic E-state index is 12.9. The van der Waals surface area contributed by atoms with Crippen LogP contribution in [0.15, 0.2) is 59.1 Å². The summed E-state index contributed by atoms with van der Waals surface area (Å²) in [5, 5.41) is 7.11. The van der Waals surface area contributed by atoms with Gasteiger partial charge in [0.15, 0.2) is 0 Å². The highest BCUT2D eigenvalue weighted by Gasteiger charge is 2.29.